The number of ether oxygens (including phenoxy) is 1. The Morgan fingerprint density at radius 2 is 1.93 bits per heavy atom. The van der Waals surface area contributed by atoms with Crippen molar-refractivity contribution in [3.63, 3.8) is 0 Å². The molecule has 1 heterocycles. The highest BCUT2D eigenvalue weighted by Gasteiger charge is 2.26. The van der Waals surface area contributed by atoms with Crippen LogP contribution in [0, 0.1) is 0 Å². The Morgan fingerprint density at radius 1 is 1.21 bits per heavy atom. The summed E-state index contributed by atoms with van der Waals surface area (Å²) in [5.74, 6) is 2.42. The van der Waals surface area contributed by atoms with E-state index in [0.29, 0.717) is 24.9 Å². The fourth-order valence-corrected chi connectivity index (χ4v) is 4.09. The van der Waals surface area contributed by atoms with Crippen molar-refractivity contribution in [2.24, 2.45) is 4.99 Å². The summed E-state index contributed by atoms with van der Waals surface area (Å²) in [6.07, 6.45) is 6.32. The Morgan fingerprint density at radius 3 is 2.57 bits per heavy atom. The van der Waals surface area contributed by atoms with E-state index in [1.807, 2.05) is 19.2 Å². The van der Waals surface area contributed by atoms with E-state index >= 15 is 0 Å². The lowest BCUT2D eigenvalue weighted by Crippen LogP contribution is -2.42. The molecule has 2 N–H and O–H groups in total. The van der Waals surface area contributed by atoms with Gasteiger partial charge in [0.1, 0.15) is 5.75 Å². The van der Waals surface area contributed by atoms with Crippen LogP contribution in [0.1, 0.15) is 50.0 Å². The number of halogens is 1. The Kier molecular flexibility index (Phi) is 9.34. The van der Waals surface area contributed by atoms with Gasteiger partial charge in [-0.25, -0.2) is 0 Å². The molecule has 2 aliphatic rings. The normalized spacial score (nSPS) is 20.0. The lowest BCUT2D eigenvalue weighted by molar-refractivity contribution is -0.121. The van der Waals surface area contributed by atoms with Crippen LogP contribution in [0.3, 0.4) is 0 Å². The monoisotopic (exact) mass is 500 g/mol. The van der Waals surface area contributed by atoms with Crippen molar-refractivity contribution in [3.05, 3.63) is 29.8 Å². The highest BCUT2D eigenvalue weighted by molar-refractivity contribution is 14.0. The molecule has 0 spiro atoms. The zero-order valence-corrected chi connectivity index (χ0v) is 19.3. The minimum atomic E-state index is 0. The predicted octanol–water partition coefficient (Wildman–Crippen LogP) is 3.13. The molecule has 156 valence electrons. The summed E-state index contributed by atoms with van der Waals surface area (Å²) in [5, 5.41) is 6.49. The Balaban J connectivity index is 0.00000280. The molecule has 6 nitrogen and oxygen atoms in total. The largest absolute Gasteiger partial charge is 0.497 e. The van der Waals surface area contributed by atoms with E-state index in [1.165, 1.54) is 18.4 Å². The molecule has 1 aliphatic heterocycles. The molecule has 0 aromatic heterocycles. The van der Waals surface area contributed by atoms with E-state index in [-0.39, 0.29) is 29.9 Å². The number of methoxy groups -OCH3 is 1. The van der Waals surface area contributed by atoms with Crippen LogP contribution >= 0.6 is 24.0 Å². The molecule has 1 atom stereocenters. The summed E-state index contributed by atoms with van der Waals surface area (Å²) >= 11 is 0. The second-order valence-corrected chi connectivity index (χ2v) is 7.48. The van der Waals surface area contributed by atoms with Gasteiger partial charge in [0.05, 0.1) is 7.11 Å². The maximum absolute atomic E-state index is 12.1. The molecule has 0 radical (unpaired) electrons. The molecule has 0 bridgehead atoms. The van der Waals surface area contributed by atoms with Gasteiger partial charge >= 0.3 is 0 Å². The number of hydrogen-bond acceptors (Lipinski definition) is 3. The van der Waals surface area contributed by atoms with E-state index in [9.17, 15) is 4.79 Å². The molecule has 1 unspecified atom stereocenters. The van der Waals surface area contributed by atoms with Crippen LogP contribution in [0.15, 0.2) is 29.3 Å². The van der Waals surface area contributed by atoms with Crippen molar-refractivity contribution in [1.82, 2.24) is 15.5 Å². The second-order valence-electron chi connectivity index (χ2n) is 7.48. The average molecular weight is 500 g/mol. The highest BCUT2D eigenvalue weighted by atomic mass is 127. The van der Waals surface area contributed by atoms with Gasteiger partial charge in [0.15, 0.2) is 5.96 Å². The van der Waals surface area contributed by atoms with Crippen LogP contribution in [0.2, 0.25) is 0 Å². The zero-order chi connectivity index (χ0) is 19.1. The third-order valence-electron chi connectivity index (χ3n) is 5.64. The van der Waals surface area contributed by atoms with Gasteiger partial charge in [-0.05, 0) is 37.0 Å². The van der Waals surface area contributed by atoms with Gasteiger partial charge < -0.3 is 20.3 Å². The van der Waals surface area contributed by atoms with Crippen LogP contribution in [-0.4, -0.2) is 56.6 Å². The summed E-state index contributed by atoms with van der Waals surface area (Å²) in [6, 6.07) is 8.73. The number of carbonyl (C=O) groups is 1. The second kappa shape index (κ2) is 11.5. The smallest absolute Gasteiger partial charge is 0.221 e. The zero-order valence-electron chi connectivity index (χ0n) is 16.9. The summed E-state index contributed by atoms with van der Waals surface area (Å²) in [7, 11) is 3.50. The van der Waals surface area contributed by atoms with Gasteiger partial charge in [-0.1, -0.05) is 25.0 Å². The molecule has 28 heavy (non-hydrogen) atoms. The first-order chi connectivity index (χ1) is 13.2. The third-order valence-corrected chi connectivity index (χ3v) is 5.64. The van der Waals surface area contributed by atoms with E-state index in [2.05, 4.69) is 32.7 Å². The minimum absolute atomic E-state index is 0. The Labute approximate surface area is 185 Å². The van der Waals surface area contributed by atoms with Crippen molar-refractivity contribution in [3.8, 4) is 5.75 Å². The fourth-order valence-electron chi connectivity index (χ4n) is 4.09. The molecular formula is C21H33IN4O2. The fraction of sp³-hybridized carbons (Fsp3) is 0.619. The summed E-state index contributed by atoms with van der Waals surface area (Å²) in [5.41, 5.74) is 1.34. The van der Waals surface area contributed by atoms with E-state index in [4.69, 9.17) is 4.74 Å². The van der Waals surface area contributed by atoms with E-state index < -0.39 is 0 Å². The third kappa shape index (κ3) is 6.25. The number of aliphatic imine (C=N–C) groups is 1. The molecular weight excluding hydrogens is 467 g/mol. The average Bonchev–Trinajstić information content (AvgIpc) is 3.37. The molecule has 1 amide bonds. The molecule has 7 heteroatoms. The van der Waals surface area contributed by atoms with E-state index in [1.54, 1.807) is 7.11 Å². The molecule has 3 rings (SSSR count). The molecule has 2 fully saturated rings. The number of nitrogens with one attached hydrogen (secondary N) is 2. The number of carbonyl (C=O) groups excluding carboxylic acids is 1. The van der Waals surface area contributed by atoms with Gasteiger partial charge in [0.25, 0.3) is 0 Å². The van der Waals surface area contributed by atoms with Crippen LogP contribution in [0.25, 0.3) is 0 Å². The molecule has 1 aromatic rings. The molecule has 1 saturated heterocycles. The van der Waals surface area contributed by atoms with Crippen molar-refractivity contribution in [2.45, 2.75) is 50.5 Å². The quantitative estimate of drug-likeness (QED) is 0.358. The van der Waals surface area contributed by atoms with Crippen LogP contribution < -0.4 is 15.4 Å². The molecule has 1 saturated carbocycles. The molecule has 1 aromatic carbocycles. The lowest BCUT2D eigenvalue weighted by atomic mass is 9.98. The highest BCUT2D eigenvalue weighted by Crippen LogP contribution is 2.28. The van der Waals surface area contributed by atoms with Crippen molar-refractivity contribution in [1.29, 1.82) is 0 Å². The predicted molar refractivity (Wildman–Crippen MR) is 124 cm³/mol. The van der Waals surface area contributed by atoms with Crippen LogP contribution in [0.4, 0.5) is 0 Å². The van der Waals surface area contributed by atoms with Gasteiger partial charge in [0, 0.05) is 45.1 Å². The van der Waals surface area contributed by atoms with Crippen molar-refractivity contribution < 1.29 is 9.53 Å². The lowest BCUT2D eigenvalue weighted by Gasteiger charge is -2.22. The first kappa shape index (κ1) is 22.8. The van der Waals surface area contributed by atoms with Crippen LogP contribution in [0.5, 0.6) is 5.75 Å². The summed E-state index contributed by atoms with van der Waals surface area (Å²) in [6.45, 7) is 2.54. The SMILES string of the molecule is CN=C(NCCC(=O)NC1CCCC1)N1CCC(c2ccc(OC)cc2)C1.I. The Hall–Kier alpha value is -1.51. The number of benzene rings is 1. The van der Waals surface area contributed by atoms with Crippen molar-refractivity contribution >= 4 is 35.8 Å². The van der Waals surface area contributed by atoms with Gasteiger partial charge in [-0.2, -0.15) is 0 Å². The standard InChI is InChI=1S/C21H32N4O2.HI/c1-22-21(23-13-11-20(26)24-18-5-3-4-6-18)25-14-12-17(15-25)16-7-9-19(27-2)10-8-16;/h7-10,17-18H,3-6,11-15H2,1-2H3,(H,22,23)(H,24,26);1H. The first-order valence-corrected chi connectivity index (χ1v) is 10.1. The number of likely N-dealkylation sites (tertiary alicyclic amines) is 1. The number of rotatable bonds is 6. The van der Waals surface area contributed by atoms with Crippen molar-refractivity contribution in [2.75, 3.05) is 33.8 Å². The number of guanidine groups is 1. The maximum atomic E-state index is 12.1. The first-order valence-electron chi connectivity index (χ1n) is 10.1. The number of hydrogen-bond donors (Lipinski definition) is 2. The Bertz CT molecular complexity index is 644. The molecule has 1 aliphatic carbocycles. The maximum Gasteiger partial charge on any atom is 0.221 e. The minimum Gasteiger partial charge on any atom is -0.497 e. The van der Waals surface area contributed by atoms with Gasteiger partial charge in [-0.3, -0.25) is 9.79 Å². The number of nitrogens with zero attached hydrogens (tertiary/aromatic N) is 2. The topological polar surface area (TPSA) is 66.0 Å². The van der Waals surface area contributed by atoms with Gasteiger partial charge in [-0.15, -0.1) is 24.0 Å². The summed E-state index contributed by atoms with van der Waals surface area (Å²) in [4.78, 5) is 18.8. The van der Waals surface area contributed by atoms with E-state index in [0.717, 1.165) is 44.1 Å². The number of amides is 1. The summed E-state index contributed by atoms with van der Waals surface area (Å²) < 4.78 is 5.24. The van der Waals surface area contributed by atoms with Gasteiger partial charge in [0.2, 0.25) is 5.91 Å². The van der Waals surface area contributed by atoms with Crippen LogP contribution in [-0.2, 0) is 4.79 Å².